The maximum atomic E-state index is 12.7. The fourth-order valence-electron chi connectivity index (χ4n) is 3.91. The third kappa shape index (κ3) is 2.88. The normalized spacial score (nSPS) is 21.5. The quantitative estimate of drug-likeness (QED) is 0.712. The van der Waals surface area contributed by atoms with Gasteiger partial charge in [0.2, 0.25) is 11.7 Å². The smallest absolute Gasteiger partial charge is 0.293 e. The molecule has 2 bridgehead atoms. The van der Waals surface area contributed by atoms with E-state index in [-0.39, 0.29) is 18.0 Å². The third-order valence-corrected chi connectivity index (χ3v) is 5.08. The minimum Gasteiger partial charge on any atom is -0.352 e. The Labute approximate surface area is 154 Å². The summed E-state index contributed by atoms with van der Waals surface area (Å²) in [7, 11) is 0. The van der Waals surface area contributed by atoms with E-state index < -0.39 is 0 Å². The van der Waals surface area contributed by atoms with Crippen LogP contribution >= 0.6 is 0 Å². The van der Waals surface area contributed by atoms with Crippen molar-refractivity contribution in [2.45, 2.75) is 24.9 Å². The fraction of sp³-hybridized carbons (Fsp3) is 0.353. The fourth-order valence-corrected chi connectivity index (χ4v) is 3.91. The van der Waals surface area contributed by atoms with Crippen LogP contribution in [0, 0.1) is 0 Å². The number of nitrogens with zero attached hydrogens (tertiary/aromatic N) is 6. The Morgan fingerprint density at radius 1 is 1.22 bits per heavy atom. The van der Waals surface area contributed by atoms with Gasteiger partial charge in [0.15, 0.2) is 0 Å². The van der Waals surface area contributed by atoms with Crippen LogP contribution in [0.15, 0.2) is 41.4 Å². The molecule has 27 heavy (non-hydrogen) atoms. The van der Waals surface area contributed by atoms with Gasteiger partial charge in [-0.05, 0) is 18.9 Å². The second-order valence-electron chi connectivity index (χ2n) is 6.73. The van der Waals surface area contributed by atoms with E-state index in [1.54, 1.807) is 24.7 Å². The Balaban J connectivity index is 1.33. The number of carbonyl (C=O) groups excluding carboxylic acids is 1. The molecular formula is C17H18N8O2. The molecule has 10 nitrogen and oxygen atoms in total. The van der Waals surface area contributed by atoms with Crippen LogP contribution in [0.5, 0.6) is 0 Å². The third-order valence-electron chi connectivity index (χ3n) is 5.08. The van der Waals surface area contributed by atoms with Gasteiger partial charge in [0.25, 0.3) is 5.91 Å². The van der Waals surface area contributed by atoms with Crippen molar-refractivity contribution in [2.24, 2.45) is 0 Å². The summed E-state index contributed by atoms with van der Waals surface area (Å²) in [6, 6.07) is 3.79. The highest BCUT2D eigenvalue weighted by atomic mass is 16.5. The molecule has 2 aliphatic heterocycles. The highest BCUT2D eigenvalue weighted by molar-refractivity contribution is 5.92. The summed E-state index contributed by atoms with van der Waals surface area (Å²) in [6.07, 6.45) is 8.60. The molecule has 3 aromatic rings. The van der Waals surface area contributed by atoms with Crippen molar-refractivity contribution >= 4 is 23.4 Å². The van der Waals surface area contributed by atoms with Gasteiger partial charge in [-0.15, -0.1) is 0 Å². The molecule has 1 amide bonds. The lowest BCUT2D eigenvalue weighted by atomic mass is 10.1. The molecule has 0 saturated carbocycles. The first-order chi connectivity index (χ1) is 13.3. The molecule has 2 N–H and O–H groups in total. The second-order valence-corrected chi connectivity index (χ2v) is 6.73. The van der Waals surface area contributed by atoms with E-state index in [9.17, 15) is 4.79 Å². The number of anilines is 3. The van der Waals surface area contributed by atoms with Crippen molar-refractivity contribution in [3.05, 3.63) is 42.7 Å². The number of nitrogens with one attached hydrogen (secondary N) is 2. The molecule has 10 heteroatoms. The van der Waals surface area contributed by atoms with E-state index in [1.165, 1.54) is 6.20 Å². The number of fused-ring (bicyclic) bond motifs is 2. The Morgan fingerprint density at radius 2 is 2.07 bits per heavy atom. The Morgan fingerprint density at radius 3 is 2.78 bits per heavy atom. The van der Waals surface area contributed by atoms with Gasteiger partial charge in [-0.25, -0.2) is 4.98 Å². The van der Waals surface area contributed by atoms with Gasteiger partial charge in [-0.2, -0.15) is 10.1 Å². The van der Waals surface area contributed by atoms with Crippen LogP contribution in [-0.4, -0.2) is 61.3 Å². The summed E-state index contributed by atoms with van der Waals surface area (Å²) in [4.78, 5) is 25.8. The number of hydrogen-bond donors (Lipinski definition) is 2. The zero-order valence-corrected chi connectivity index (χ0v) is 14.4. The lowest BCUT2D eigenvalue weighted by molar-refractivity contribution is 0.0598. The molecule has 2 atom stereocenters. The minimum absolute atomic E-state index is 0.0790. The molecule has 0 aliphatic carbocycles. The molecule has 0 spiro atoms. The number of carbonyl (C=O) groups is 1. The van der Waals surface area contributed by atoms with Crippen molar-refractivity contribution in [1.29, 1.82) is 0 Å². The highest BCUT2D eigenvalue weighted by Gasteiger charge is 2.44. The van der Waals surface area contributed by atoms with E-state index in [1.807, 2.05) is 11.0 Å². The average Bonchev–Trinajstić information content (AvgIpc) is 3.43. The standard InChI is InChI=1S/C17H18N8O2/c26-16(14-3-6-21-27-14)25-12-1-2-13(25)10-24(9-12)15-4-5-18-17(23-15)22-11-7-19-20-8-11/h3-8,12-13H,1-2,9-10H2,(H,19,20)(H,18,22,23)/t12-,13?/m0/s1. The van der Waals surface area contributed by atoms with Gasteiger partial charge in [-0.1, -0.05) is 5.16 Å². The van der Waals surface area contributed by atoms with Gasteiger partial charge < -0.3 is 19.6 Å². The minimum atomic E-state index is -0.0790. The van der Waals surface area contributed by atoms with Crippen molar-refractivity contribution in [3.63, 3.8) is 0 Å². The average molecular weight is 366 g/mol. The molecule has 2 fully saturated rings. The topological polar surface area (TPSA) is 116 Å². The summed E-state index contributed by atoms with van der Waals surface area (Å²) in [5, 5.41) is 13.4. The second kappa shape index (κ2) is 6.38. The number of hydrogen-bond acceptors (Lipinski definition) is 8. The van der Waals surface area contributed by atoms with E-state index in [2.05, 4.69) is 35.5 Å². The molecule has 2 aliphatic rings. The van der Waals surface area contributed by atoms with E-state index >= 15 is 0 Å². The van der Waals surface area contributed by atoms with Gasteiger partial charge in [0.05, 0.1) is 30.2 Å². The number of aromatic nitrogens is 5. The van der Waals surface area contributed by atoms with E-state index in [0.29, 0.717) is 11.7 Å². The van der Waals surface area contributed by atoms with Crippen molar-refractivity contribution in [2.75, 3.05) is 23.3 Å². The summed E-state index contributed by atoms with van der Waals surface area (Å²) in [5.74, 6) is 1.58. The molecule has 138 valence electrons. The number of aromatic amines is 1. The first-order valence-electron chi connectivity index (χ1n) is 8.85. The van der Waals surface area contributed by atoms with Crippen LogP contribution in [0.4, 0.5) is 17.5 Å². The summed E-state index contributed by atoms with van der Waals surface area (Å²) in [6.45, 7) is 1.47. The molecular weight excluding hydrogens is 348 g/mol. The lowest BCUT2D eigenvalue weighted by Gasteiger charge is -2.41. The monoisotopic (exact) mass is 366 g/mol. The van der Waals surface area contributed by atoms with Crippen molar-refractivity contribution in [3.8, 4) is 0 Å². The number of H-pyrrole nitrogens is 1. The number of rotatable bonds is 4. The Kier molecular flexibility index (Phi) is 3.73. The van der Waals surface area contributed by atoms with E-state index in [4.69, 9.17) is 4.52 Å². The molecule has 1 unspecified atom stereocenters. The largest absolute Gasteiger partial charge is 0.352 e. The summed E-state index contributed by atoms with van der Waals surface area (Å²) in [5.41, 5.74) is 0.801. The van der Waals surface area contributed by atoms with Gasteiger partial charge in [0.1, 0.15) is 5.82 Å². The maximum Gasteiger partial charge on any atom is 0.293 e. The summed E-state index contributed by atoms with van der Waals surface area (Å²) < 4.78 is 5.06. The lowest BCUT2D eigenvalue weighted by Crippen LogP contribution is -2.56. The summed E-state index contributed by atoms with van der Waals surface area (Å²) >= 11 is 0. The highest BCUT2D eigenvalue weighted by Crippen LogP contribution is 2.33. The van der Waals surface area contributed by atoms with Crippen LogP contribution in [-0.2, 0) is 0 Å². The van der Waals surface area contributed by atoms with Gasteiger partial charge >= 0.3 is 0 Å². The van der Waals surface area contributed by atoms with Crippen LogP contribution < -0.4 is 10.2 Å². The first kappa shape index (κ1) is 15.8. The van der Waals surface area contributed by atoms with Crippen molar-refractivity contribution < 1.29 is 9.32 Å². The molecule has 2 saturated heterocycles. The molecule has 0 radical (unpaired) electrons. The molecule has 3 aromatic heterocycles. The molecule has 5 rings (SSSR count). The Hall–Kier alpha value is -3.43. The van der Waals surface area contributed by atoms with E-state index in [0.717, 1.165) is 37.4 Å². The van der Waals surface area contributed by atoms with Crippen molar-refractivity contribution in [1.82, 2.24) is 30.2 Å². The van der Waals surface area contributed by atoms with Crippen LogP contribution in [0.25, 0.3) is 0 Å². The number of piperazine rings is 1. The van der Waals surface area contributed by atoms with Gasteiger partial charge in [-0.3, -0.25) is 9.89 Å². The van der Waals surface area contributed by atoms with Gasteiger partial charge in [0, 0.05) is 31.5 Å². The molecule has 0 aromatic carbocycles. The Bertz CT molecular complexity index is 912. The number of amides is 1. The zero-order chi connectivity index (χ0) is 18.2. The zero-order valence-electron chi connectivity index (χ0n) is 14.4. The predicted molar refractivity (Wildman–Crippen MR) is 95.6 cm³/mol. The van der Waals surface area contributed by atoms with Crippen LogP contribution in [0.3, 0.4) is 0 Å². The predicted octanol–water partition coefficient (Wildman–Crippen LogP) is 1.42. The maximum absolute atomic E-state index is 12.7. The first-order valence-corrected chi connectivity index (χ1v) is 8.85. The van der Waals surface area contributed by atoms with Crippen LogP contribution in [0.1, 0.15) is 23.4 Å². The van der Waals surface area contributed by atoms with Crippen LogP contribution in [0.2, 0.25) is 0 Å². The SMILES string of the molecule is O=C(c1ccno1)N1C2CC[C@H]1CN(c1ccnc(Nc3cn[nH]c3)n1)C2. The molecule has 5 heterocycles.